The standard InChI is InChI=1S/C19H17BrN2O2S2/c1-24-14-9-5-12(6-10-14)17-15(18(25)26-2)16(21-19(23)22-17)11-3-7-13(20)8-4-11/h3-10,16H,1-2H3,(H2,21,22,23). The lowest BCUT2D eigenvalue weighted by molar-refractivity contribution is 0.241. The lowest BCUT2D eigenvalue weighted by Gasteiger charge is -2.31. The van der Waals surface area contributed by atoms with Gasteiger partial charge in [0, 0.05) is 10.0 Å². The second-order valence-corrected chi connectivity index (χ2v) is 7.99. The van der Waals surface area contributed by atoms with E-state index in [-0.39, 0.29) is 12.1 Å². The van der Waals surface area contributed by atoms with Crippen LogP contribution >= 0.6 is 39.9 Å². The average Bonchev–Trinajstić information content (AvgIpc) is 2.67. The second-order valence-electron chi connectivity index (χ2n) is 5.59. The number of thiocarbonyl (C=S) groups is 1. The minimum atomic E-state index is -0.311. The number of thioether (sulfide) groups is 1. The monoisotopic (exact) mass is 448 g/mol. The van der Waals surface area contributed by atoms with Crippen LogP contribution in [-0.2, 0) is 0 Å². The number of halogens is 1. The molecule has 1 unspecified atom stereocenters. The van der Waals surface area contributed by atoms with Gasteiger partial charge >= 0.3 is 6.03 Å². The Bertz CT molecular complexity index is 864. The van der Waals surface area contributed by atoms with Crippen LogP contribution in [0.1, 0.15) is 17.2 Å². The number of urea groups is 1. The third kappa shape index (κ3) is 3.95. The van der Waals surface area contributed by atoms with Gasteiger partial charge in [-0.25, -0.2) is 4.79 Å². The molecular formula is C19H17BrN2O2S2. The number of rotatable bonds is 4. The molecule has 26 heavy (non-hydrogen) atoms. The Morgan fingerprint density at radius 3 is 2.38 bits per heavy atom. The third-order valence-electron chi connectivity index (χ3n) is 4.06. The number of hydrogen-bond acceptors (Lipinski definition) is 4. The van der Waals surface area contributed by atoms with Crippen molar-refractivity contribution >= 4 is 55.8 Å². The van der Waals surface area contributed by atoms with E-state index in [2.05, 4.69) is 26.6 Å². The highest BCUT2D eigenvalue weighted by atomic mass is 79.9. The summed E-state index contributed by atoms with van der Waals surface area (Å²) in [6.45, 7) is 0. The van der Waals surface area contributed by atoms with Crippen LogP contribution in [0, 0.1) is 0 Å². The topological polar surface area (TPSA) is 50.4 Å². The molecule has 0 aromatic heterocycles. The molecule has 0 aliphatic carbocycles. The first-order valence-electron chi connectivity index (χ1n) is 7.83. The fraction of sp³-hybridized carbons (Fsp3) is 0.158. The summed E-state index contributed by atoms with van der Waals surface area (Å²) in [5.74, 6) is 0.757. The Labute approximate surface area is 170 Å². The van der Waals surface area contributed by atoms with E-state index in [0.29, 0.717) is 0 Å². The van der Waals surface area contributed by atoms with Crippen LogP contribution in [0.25, 0.3) is 5.70 Å². The van der Waals surface area contributed by atoms with Crippen LogP contribution in [0.3, 0.4) is 0 Å². The molecule has 0 bridgehead atoms. The molecule has 2 N–H and O–H groups in total. The van der Waals surface area contributed by atoms with E-state index in [0.717, 1.165) is 36.8 Å². The average molecular weight is 449 g/mol. The van der Waals surface area contributed by atoms with E-state index >= 15 is 0 Å². The summed E-state index contributed by atoms with van der Waals surface area (Å²) in [6, 6.07) is 14.9. The number of nitrogens with one attached hydrogen (secondary N) is 2. The Morgan fingerprint density at radius 1 is 1.15 bits per heavy atom. The summed E-state index contributed by atoms with van der Waals surface area (Å²) in [7, 11) is 1.62. The van der Waals surface area contributed by atoms with Crippen molar-refractivity contribution < 1.29 is 9.53 Å². The maximum absolute atomic E-state index is 12.3. The van der Waals surface area contributed by atoms with Gasteiger partial charge in [0.15, 0.2) is 0 Å². The zero-order chi connectivity index (χ0) is 18.7. The minimum absolute atomic E-state index is 0.253. The molecule has 2 aromatic rings. The van der Waals surface area contributed by atoms with Crippen molar-refractivity contribution in [1.82, 2.24) is 10.6 Å². The van der Waals surface area contributed by atoms with Crippen LogP contribution in [0.5, 0.6) is 5.75 Å². The highest BCUT2D eigenvalue weighted by Gasteiger charge is 2.31. The summed E-state index contributed by atoms with van der Waals surface area (Å²) < 4.78 is 6.94. The van der Waals surface area contributed by atoms with Crippen molar-refractivity contribution in [1.29, 1.82) is 0 Å². The fourth-order valence-electron chi connectivity index (χ4n) is 2.79. The molecule has 0 saturated heterocycles. The van der Waals surface area contributed by atoms with E-state index in [9.17, 15) is 4.79 Å². The van der Waals surface area contributed by atoms with Crippen LogP contribution in [0.15, 0.2) is 58.6 Å². The van der Waals surface area contributed by atoms with Crippen molar-refractivity contribution in [3.05, 3.63) is 69.7 Å². The molecule has 1 aliphatic rings. The number of hydrogen-bond donors (Lipinski definition) is 2. The number of carbonyl (C=O) groups excluding carboxylic acids is 1. The normalized spacial score (nSPS) is 16.7. The zero-order valence-corrected chi connectivity index (χ0v) is 17.4. The third-order valence-corrected chi connectivity index (χ3v) is 5.90. The van der Waals surface area contributed by atoms with Gasteiger partial charge in [0.2, 0.25) is 0 Å². The second kappa shape index (κ2) is 8.24. The van der Waals surface area contributed by atoms with E-state index in [1.807, 2.05) is 54.8 Å². The lowest BCUT2D eigenvalue weighted by atomic mass is 9.94. The van der Waals surface area contributed by atoms with Gasteiger partial charge in [-0.1, -0.05) is 40.3 Å². The van der Waals surface area contributed by atoms with Crippen molar-refractivity contribution in [2.75, 3.05) is 13.4 Å². The van der Waals surface area contributed by atoms with Crippen molar-refractivity contribution in [2.24, 2.45) is 0 Å². The smallest absolute Gasteiger partial charge is 0.320 e. The largest absolute Gasteiger partial charge is 0.497 e. The van der Waals surface area contributed by atoms with E-state index in [4.69, 9.17) is 17.0 Å². The van der Waals surface area contributed by atoms with Gasteiger partial charge in [-0.15, -0.1) is 11.8 Å². The van der Waals surface area contributed by atoms with Gasteiger partial charge in [-0.3, -0.25) is 0 Å². The van der Waals surface area contributed by atoms with E-state index < -0.39 is 0 Å². The molecule has 1 aliphatic heterocycles. The Kier molecular flexibility index (Phi) is 6.01. The summed E-state index contributed by atoms with van der Waals surface area (Å²) in [5, 5.41) is 5.92. The number of amides is 2. The van der Waals surface area contributed by atoms with Gasteiger partial charge < -0.3 is 15.4 Å². The molecule has 0 saturated carbocycles. The highest BCUT2D eigenvalue weighted by Crippen LogP contribution is 2.35. The quantitative estimate of drug-likeness (QED) is 0.652. The molecule has 1 atom stereocenters. The SMILES string of the molecule is COc1ccc(C2=C(C(=S)SC)C(c3ccc(Br)cc3)NC(=O)N2)cc1. The van der Waals surface area contributed by atoms with Crippen molar-refractivity contribution in [2.45, 2.75) is 6.04 Å². The van der Waals surface area contributed by atoms with Crippen LogP contribution < -0.4 is 15.4 Å². The van der Waals surface area contributed by atoms with E-state index in [1.54, 1.807) is 7.11 Å². The first-order valence-corrected chi connectivity index (χ1v) is 10.3. The van der Waals surface area contributed by atoms with Crippen LogP contribution in [-0.4, -0.2) is 23.6 Å². The van der Waals surface area contributed by atoms with Gasteiger partial charge in [0.25, 0.3) is 0 Å². The maximum Gasteiger partial charge on any atom is 0.320 e. The van der Waals surface area contributed by atoms with Gasteiger partial charge in [0.1, 0.15) is 5.75 Å². The first-order chi connectivity index (χ1) is 12.5. The molecule has 3 rings (SSSR count). The highest BCUT2D eigenvalue weighted by molar-refractivity contribution is 9.10. The predicted molar refractivity (Wildman–Crippen MR) is 115 cm³/mol. The number of ether oxygens (including phenoxy) is 1. The molecule has 7 heteroatoms. The Morgan fingerprint density at radius 2 is 1.81 bits per heavy atom. The van der Waals surface area contributed by atoms with Gasteiger partial charge in [0.05, 0.1) is 23.0 Å². The molecule has 4 nitrogen and oxygen atoms in total. The molecule has 0 spiro atoms. The number of benzene rings is 2. The fourth-order valence-corrected chi connectivity index (χ4v) is 3.71. The molecule has 1 heterocycles. The molecule has 0 fully saturated rings. The number of carbonyl (C=O) groups is 1. The predicted octanol–water partition coefficient (Wildman–Crippen LogP) is 4.91. The van der Waals surface area contributed by atoms with Crippen LogP contribution in [0.4, 0.5) is 4.79 Å². The summed E-state index contributed by atoms with van der Waals surface area (Å²) in [6.07, 6.45) is 1.94. The summed E-state index contributed by atoms with van der Waals surface area (Å²) in [4.78, 5) is 12.3. The summed E-state index contributed by atoms with van der Waals surface area (Å²) in [5.41, 5.74) is 3.47. The van der Waals surface area contributed by atoms with Crippen molar-refractivity contribution in [3.63, 3.8) is 0 Å². The van der Waals surface area contributed by atoms with Crippen LogP contribution in [0.2, 0.25) is 0 Å². The first kappa shape index (κ1) is 18.9. The molecular weight excluding hydrogens is 432 g/mol. The van der Waals surface area contributed by atoms with Crippen molar-refractivity contribution in [3.8, 4) is 5.75 Å². The van der Waals surface area contributed by atoms with Gasteiger partial charge in [-0.05, 0) is 53.8 Å². The minimum Gasteiger partial charge on any atom is -0.497 e. The molecule has 0 radical (unpaired) electrons. The molecule has 2 amide bonds. The lowest BCUT2D eigenvalue weighted by Crippen LogP contribution is -2.44. The zero-order valence-electron chi connectivity index (χ0n) is 14.2. The van der Waals surface area contributed by atoms with E-state index in [1.165, 1.54) is 11.8 Å². The van der Waals surface area contributed by atoms with Gasteiger partial charge in [-0.2, -0.15) is 0 Å². The number of methoxy groups -OCH3 is 1. The molecule has 134 valence electrons. The maximum atomic E-state index is 12.3. The summed E-state index contributed by atoms with van der Waals surface area (Å²) >= 11 is 10.6. The Balaban J connectivity index is 2.15. The molecule has 2 aromatic carbocycles. The Hall–Kier alpha value is -1.83.